The van der Waals surface area contributed by atoms with Crippen molar-refractivity contribution in [2.45, 2.75) is 24.9 Å². The van der Waals surface area contributed by atoms with Crippen LogP contribution in [0.4, 0.5) is 9.18 Å². The summed E-state index contributed by atoms with van der Waals surface area (Å²) in [5, 5.41) is 5.14. The topological polar surface area (TPSA) is 102 Å². The van der Waals surface area contributed by atoms with Crippen LogP contribution < -0.4 is 16.4 Å². The number of halogens is 1. The Morgan fingerprint density at radius 1 is 1.39 bits per heavy atom. The number of aromatic nitrogens is 2. The first-order valence-corrected chi connectivity index (χ1v) is 7.13. The molecule has 0 aliphatic heterocycles. The zero-order chi connectivity index (χ0) is 16.4. The normalized spacial score (nSPS) is 15.0. The van der Waals surface area contributed by atoms with E-state index in [0.717, 1.165) is 0 Å². The number of rotatable bonds is 5. The number of hydrogen-bond acceptors (Lipinski definition) is 3. The zero-order valence-corrected chi connectivity index (χ0v) is 12.3. The van der Waals surface area contributed by atoms with E-state index in [2.05, 4.69) is 15.6 Å². The first kappa shape index (κ1) is 15.0. The third-order valence-electron chi connectivity index (χ3n) is 3.79. The van der Waals surface area contributed by atoms with Crippen LogP contribution in [0.5, 0.6) is 0 Å². The van der Waals surface area contributed by atoms with Crippen molar-refractivity contribution in [3.8, 4) is 5.69 Å². The highest BCUT2D eigenvalue weighted by Gasteiger charge is 2.50. The summed E-state index contributed by atoms with van der Waals surface area (Å²) >= 11 is 0. The molecule has 1 aliphatic carbocycles. The van der Waals surface area contributed by atoms with E-state index >= 15 is 0 Å². The number of benzene rings is 1. The van der Waals surface area contributed by atoms with Crippen LogP contribution in [0, 0.1) is 5.82 Å². The minimum absolute atomic E-state index is 0.169. The number of imidazole rings is 1. The summed E-state index contributed by atoms with van der Waals surface area (Å²) in [5.74, 6) is -0.721. The monoisotopic (exact) mass is 317 g/mol. The summed E-state index contributed by atoms with van der Waals surface area (Å²) in [6.45, 7) is 0.169. The number of nitrogens with two attached hydrogens (primary N) is 1. The summed E-state index contributed by atoms with van der Waals surface area (Å²) in [7, 11) is 0. The molecule has 7 nitrogen and oxygen atoms in total. The minimum atomic E-state index is -0.902. The maximum atomic E-state index is 14.1. The smallest absolute Gasteiger partial charge is 0.313 e. The maximum absolute atomic E-state index is 14.1. The van der Waals surface area contributed by atoms with Gasteiger partial charge < -0.3 is 20.9 Å². The van der Waals surface area contributed by atoms with Gasteiger partial charge in [0, 0.05) is 18.9 Å². The van der Waals surface area contributed by atoms with Crippen molar-refractivity contribution in [3.05, 3.63) is 48.3 Å². The first-order valence-electron chi connectivity index (χ1n) is 7.13. The fourth-order valence-electron chi connectivity index (χ4n) is 2.39. The van der Waals surface area contributed by atoms with Gasteiger partial charge in [-0.15, -0.1) is 0 Å². The second kappa shape index (κ2) is 5.71. The SMILES string of the molecule is NC(=O)NC1(C(=O)NCc2ccc(-n3ccnc3)c(F)c2)CC1. The molecule has 120 valence electrons. The van der Waals surface area contributed by atoms with Crippen LogP contribution in [0.3, 0.4) is 0 Å². The molecule has 23 heavy (non-hydrogen) atoms. The third-order valence-corrected chi connectivity index (χ3v) is 3.79. The number of hydrogen-bond donors (Lipinski definition) is 3. The number of carbonyl (C=O) groups excluding carboxylic acids is 2. The van der Waals surface area contributed by atoms with Gasteiger partial charge in [-0.1, -0.05) is 6.07 Å². The van der Waals surface area contributed by atoms with Crippen molar-refractivity contribution in [2.75, 3.05) is 0 Å². The molecule has 1 fully saturated rings. The molecule has 1 aromatic heterocycles. The van der Waals surface area contributed by atoms with Gasteiger partial charge in [0.05, 0.1) is 12.0 Å². The van der Waals surface area contributed by atoms with Crippen molar-refractivity contribution >= 4 is 11.9 Å². The van der Waals surface area contributed by atoms with E-state index in [0.29, 0.717) is 24.1 Å². The first-order chi connectivity index (χ1) is 11.0. The van der Waals surface area contributed by atoms with Crippen LogP contribution in [0.15, 0.2) is 36.9 Å². The minimum Gasteiger partial charge on any atom is -0.352 e. The van der Waals surface area contributed by atoms with Gasteiger partial charge in [0.25, 0.3) is 0 Å². The number of carbonyl (C=O) groups is 2. The van der Waals surface area contributed by atoms with Crippen molar-refractivity contribution in [2.24, 2.45) is 5.73 Å². The van der Waals surface area contributed by atoms with Crippen LogP contribution in [0.2, 0.25) is 0 Å². The number of primary amides is 1. The second-order valence-electron chi connectivity index (χ2n) is 5.51. The Morgan fingerprint density at radius 3 is 2.74 bits per heavy atom. The molecule has 0 bridgehead atoms. The van der Waals surface area contributed by atoms with Gasteiger partial charge in [0.1, 0.15) is 11.4 Å². The van der Waals surface area contributed by atoms with Crippen LogP contribution in [-0.4, -0.2) is 27.0 Å². The summed E-state index contributed by atoms with van der Waals surface area (Å²) in [6, 6.07) is 3.97. The summed E-state index contributed by atoms with van der Waals surface area (Å²) in [4.78, 5) is 26.9. The average Bonchev–Trinajstić information content (AvgIpc) is 3.08. The van der Waals surface area contributed by atoms with Gasteiger partial charge >= 0.3 is 6.03 Å². The molecule has 0 radical (unpaired) electrons. The van der Waals surface area contributed by atoms with Gasteiger partial charge in [-0.25, -0.2) is 14.2 Å². The number of amides is 3. The number of nitrogens with one attached hydrogen (secondary N) is 2. The van der Waals surface area contributed by atoms with Gasteiger partial charge in [0.2, 0.25) is 5.91 Å². The highest BCUT2D eigenvalue weighted by molar-refractivity contribution is 5.93. The summed E-state index contributed by atoms with van der Waals surface area (Å²) in [6.07, 6.45) is 5.82. The van der Waals surface area contributed by atoms with Crippen LogP contribution in [-0.2, 0) is 11.3 Å². The molecule has 4 N–H and O–H groups in total. The molecule has 0 spiro atoms. The Balaban J connectivity index is 1.64. The Hall–Kier alpha value is -2.90. The Morgan fingerprint density at radius 2 is 2.17 bits per heavy atom. The lowest BCUT2D eigenvalue weighted by atomic mass is 10.1. The molecule has 0 atom stereocenters. The molecular formula is C15H16FN5O2. The van der Waals surface area contributed by atoms with Crippen LogP contribution in [0.25, 0.3) is 5.69 Å². The van der Waals surface area contributed by atoms with Crippen LogP contribution in [0.1, 0.15) is 18.4 Å². The molecule has 2 aromatic rings. The summed E-state index contributed by atoms with van der Waals surface area (Å²) < 4.78 is 15.7. The van der Waals surface area contributed by atoms with E-state index in [-0.39, 0.29) is 12.5 Å². The number of urea groups is 1. The van der Waals surface area contributed by atoms with E-state index in [1.807, 2.05) is 0 Å². The molecular weight excluding hydrogens is 301 g/mol. The molecule has 1 aliphatic rings. The summed E-state index contributed by atoms with van der Waals surface area (Å²) in [5.41, 5.74) is 5.16. The molecule has 1 aromatic carbocycles. The van der Waals surface area contributed by atoms with Crippen molar-refractivity contribution in [1.29, 1.82) is 0 Å². The fourth-order valence-corrected chi connectivity index (χ4v) is 2.39. The maximum Gasteiger partial charge on any atom is 0.313 e. The van der Waals surface area contributed by atoms with E-state index in [1.54, 1.807) is 29.1 Å². The molecule has 0 unspecified atom stereocenters. The lowest BCUT2D eigenvalue weighted by Gasteiger charge is -2.16. The van der Waals surface area contributed by atoms with E-state index < -0.39 is 17.4 Å². The second-order valence-corrected chi connectivity index (χ2v) is 5.51. The lowest BCUT2D eigenvalue weighted by Crippen LogP contribution is -2.50. The Bertz CT molecular complexity index is 740. The third kappa shape index (κ3) is 3.15. The highest BCUT2D eigenvalue weighted by atomic mass is 19.1. The number of nitrogens with zero attached hydrogens (tertiary/aromatic N) is 2. The highest BCUT2D eigenvalue weighted by Crippen LogP contribution is 2.35. The van der Waals surface area contributed by atoms with E-state index in [1.165, 1.54) is 12.4 Å². The van der Waals surface area contributed by atoms with Gasteiger partial charge in [0.15, 0.2) is 0 Å². The van der Waals surface area contributed by atoms with Gasteiger partial charge in [-0.3, -0.25) is 4.79 Å². The van der Waals surface area contributed by atoms with Gasteiger partial charge in [-0.2, -0.15) is 0 Å². The van der Waals surface area contributed by atoms with Crippen molar-refractivity contribution in [1.82, 2.24) is 20.2 Å². The molecule has 1 saturated carbocycles. The predicted molar refractivity (Wildman–Crippen MR) is 80.1 cm³/mol. The Kier molecular flexibility index (Phi) is 3.73. The van der Waals surface area contributed by atoms with Crippen molar-refractivity contribution < 1.29 is 14.0 Å². The molecule has 1 heterocycles. The van der Waals surface area contributed by atoms with Gasteiger partial charge in [-0.05, 0) is 30.5 Å². The molecule has 8 heteroatoms. The molecule has 0 saturated heterocycles. The quantitative estimate of drug-likeness (QED) is 0.761. The Labute approximate surface area is 131 Å². The standard InChI is InChI=1S/C15H16FN5O2/c16-11-7-10(1-2-12(11)21-6-5-18-9-21)8-19-13(22)15(3-4-15)20-14(17)23/h1-2,5-7,9H,3-4,8H2,(H,19,22)(H3,17,20,23). The van der Waals surface area contributed by atoms with E-state index in [9.17, 15) is 14.0 Å². The fraction of sp³-hybridized carbons (Fsp3) is 0.267. The van der Waals surface area contributed by atoms with Crippen LogP contribution >= 0.6 is 0 Å². The van der Waals surface area contributed by atoms with E-state index in [4.69, 9.17) is 5.73 Å². The predicted octanol–water partition coefficient (Wildman–Crippen LogP) is 0.829. The van der Waals surface area contributed by atoms with Crippen molar-refractivity contribution in [3.63, 3.8) is 0 Å². The molecule has 3 amide bonds. The largest absolute Gasteiger partial charge is 0.352 e. The zero-order valence-electron chi connectivity index (χ0n) is 12.3. The molecule has 3 rings (SSSR count). The lowest BCUT2D eigenvalue weighted by molar-refractivity contribution is -0.124. The average molecular weight is 317 g/mol.